The quantitative estimate of drug-likeness (QED) is 0.572. The maximum Gasteiger partial charge on any atom is 0.0775 e. The Morgan fingerprint density at radius 2 is 1.56 bits per heavy atom. The van der Waals surface area contributed by atoms with E-state index in [1.807, 2.05) is 0 Å². The minimum atomic E-state index is -1.16. The average molecular weight is 264 g/mol. The van der Waals surface area contributed by atoms with Crippen LogP contribution in [0.15, 0.2) is 24.3 Å². The van der Waals surface area contributed by atoms with E-state index in [0.29, 0.717) is 5.41 Å². The molecule has 0 saturated carbocycles. The number of ether oxygens (including phenoxy) is 1. The van der Waals surface area contributed by atoms with Gasteiger partial charge in [-0.15, -0.1) is 0 Å². The van der Waals surface area contributed by atoms with Crippen LogP contribution in [0, 0.1) is 5.41 Å². The van der Waals surface area contributed by atoms with Gasteiger partial charge in [-0.25, -0.2) is 0 Å². The van der Waals surface area contributed by atoms with Crippen molar-refractivity contribution in [1.29, 1.82) is 0 Å². The molecule has 0 atom stereocenters. The fourth-order valence-corrected chi connectivity index (χ4v) is 2.84. The van der Waals surface area contributed by atoms with Gasteiger partial charge in [-0.3, -0.25) is 0 Å². The molecule has 0 N–H and O–H groups in total. The molecule has 0 saturated heterocycles. The molecular formula is C16H28OSi. The maximum atomic E-state index is 5.73. The molecular weight excluding hydrogens is 236 g/mol. The van der Waals surface area contributed by atoms with Crippen molar-refractivity contribution < 1.29 is 4.74 Å². The summed E-state index contributed by atoms with van der Waals surface area (Å²) < 4.78 is 5.73. The first kappa shape index (κ1) is 15.5. The van der Waals surface area contributed by atoms with Crippen molar-refractivity contribution >= 4 is 13.3 Å². The largest absolute Gasteiger partial charge is 0.377 e. The van der Waals surface area contributed by atoms with Crippen LogP contribution in [0.1, 0.15) is 32.8 Å². The summed E-state index contributed by atoms with van der Waals surface area (Å²) >= 11 is 0. The predicted octanol–water partition coefficient (Wildman–Crippen LogP) is 4.18. The van der Waals surface area contributed by atoms with Crippen LogP contribution in [-0.2, 0) is 11.3 Å². The summed E-state index contributed by atoms with van der Waals surface area (Å²) in [5.74, 6) is 0. The lowest BCUT2D eigenvalue weighted by atomic mass is 9.93. The molecule has 0 aliphatic heterocycles. The van der Waals surface area contributed by atoms with Crippen molar-refractivity contribution in [3.05, 3.63) is 29.8 Å². The Balaban J connectivity index is 2.41. The molecule has 1 aromatic rings. The highest BCUT2D eigenvalue weighted by atomic mass is 28.3. The van der Waals surface area contributed by atoms with E-state index in [2.05, 4.69) is 64.7 Å². The lowest BCUT2D eigenvalue weighted by molar-refractivity contribution is 0.0962. The van der Waals surface area contributed by atoms with Gasteiger partial charge in [0.25, 0.3) is 0 Å². The molecule has 0 amide bonds. The Labute approximate surface area is 114 Å². The molecule has 0 radical (unpaired) electrons. The van der Waals surface area contributed by atoms with Gasteiger partial charge in [-0.2, -0.15) is 0 Å². The molecule has 18 heavy (non-hydrogen) atoms. The summed E-state index contributed by atoms with van der Waals surface area (Å²) in [6.07, 6.45) is 1.11. The lowest BCUT2D eigenvalue weighted by Crippen LogP contribution is -2.37. The zero-order chi connectivity index (χ0) is 13.8. The lowest BCUT2D eigenvalue weighted by Gasteiger charge is -2.18. The monoisotopic (exact) mass is 264 g/mol. The second-order valence-electron chi connectivity index (χ2n) is 7.31. The van der Waals surface area contributed by atoms with Crippen molar-refractivity contribution in [2.24, 2.45) is 5.41 Å². The SMILES string of the molecule is CC(C)(C)CCOCc1ccc([Si](C)(C)C)cc1. The Hall–Kier alpha value is -0.603. The van der Waals surface area contributed by atoms with Crippen molar-refractivity contribution in [3.8, 4) is 0 Å². The van der Waals surface area contributed by atoms with Crippen molar-refractivity contribution in [2.45, 2.75) is 53.4 Å². The van der Waals surface area contributed by atoms with Crippen LogP contribution in [0.25, 0.3) is 0 Å². The smallest absolute Gasteiger partial charge is 0.0775 e. The van der Waals surface area contributed by atoms with Gasteiger partial charge in [0.15, 0.2) is 0 Å². The summed E-state index contributed by atoms with van der Waals surface area (Å²) in [4.78, 5) is 0. The highest BCUT2D eigenvalue weighted by Gasteiger charge is 2.15. The molecule has 0 aliphatic rings. The first-order chi connectivity index (χ1) is 8.18. The molecule has 1 rings (SSSR count). The molecule has 1 aromatic carbocycles. The zero-order valence-electron chi connectivity index (χ0n) is 12.8. The Bertz CT molecular complexity index is 354. The van der Waals surface area contributed by atoms with E-state index >= 15 is 0 Å². The molecule has 0 fully saturated rings. The van der Waals surface area contributed by atoms with Gasteiger partial charge in [-0.05, 0) is 17.4 Å². The van der Waals surface area contributed by atoms with Gasteiger partial charge < -0.3 is 4.74 Å². The molecule has 0 aliphatic carbocycles. The molecule has 0 bridgehead atoms. The van der Waals surface area contributed by atoms with E-state index in [1.54, 1.807) is 0 Å². The third-order valence-corrected chi connectivity index (χ3v) is 5.15. The van der Waals surface area contributed by atoms with E-state index < -0.39 is 8.07 Å². The minimum absolute atomic E-state index is 0.363. The molecule has 0 unspecified atom stereocenters. The molecule has 102 valence electrons. The van der Waals surface area contributed by atoms with Gasteiger partial charge in [0, 0.05) is 6.61 Å². The molecule has 1 nitrogen and oxygen atoms in total. The highest BCUT2D eigenvalue weighted by molar-refractivity contribution is 6.88. The van der Waals surface area contributed by atoms with Crippen LogP contribution in [0.5, 0.6) is 0 Å². The standard InChI is InChI=1S/C16H28OSi/c1-16(2,3)11-12-17-13-14-7-9-15(10-8-14)18(4,5)6/h7-10H,11-13H2,1-6H3. The molecule has 0 aromatic heterocycles. The van der Waals surface area contributed by atoms with Crippen molar-refractivity contribution in [1.82, 2.24) is 0 Å². The molecule has 0 spiro atoms. The van der Waals surface area contributed by atoms with Crippen LogP contribution in [-0.4, -0.2) is 14.7 Å². The zero-order valence-corrected chi connectivity index (χ0v) is 13.8. The number of hydrogen-bond donors (Lipinski definition) is 0. The van der Waals surface area contributed by atoms with E-state index in [-0.39, 0.29) is 0 Å². The molecule has 2 heteroatoms. The van der Waals surface area contributed by atoms with Crippen LogP contribution in [0.3, 0.4) is 0 Å². The summed E-state index contributed by atoms with van der Waals surface area (Å²) in [6.45, 7) is 15.5. The van der Waals surface area contributed by atoms with E-state index in [4.69, 9.17) is 4.74 Å². The average Bonchev–Trinajstić information content (AvgIpc) is 2.22. The highest BCUT2D eigenvalue weighted by Crippen LogP contribution is 2.18. The van der Waals surface area contributed by atoms with Gasteiger partial charge >= 0.3 is 0 Å². The number of hydrogen-bond acceptors (Lipinski definition) is 1. The maximum absolute atomic E-state index is 5.73. The van der Waals surface area contributed by atoms with Gasteiger partial charge in [0.05, 0.1) is 14.7 Å². The molecule has 0 heterocycles. The second-order valence-corrected chi connectivity index (χ2v) is 12.4. The Kier molecular flexibility index (Phi) is 5.17. The summed E-state index contributed by atoms with van der Waals surface area (Å²) in [6, 6.07) is 8.97. The Morgan fingerprint density at radius 1 is 1.00 bits per heavy atom. The van der Waals surface area contributed by atoms with Crippen molar-refractivity contribution in [3.63, 3.8) is 0 Å². The topological polar surface area (TPSA) is 9.23 Å². The van der Waals surface area contributed by atoms with E-state index in [0.717, 1.165) is 19.6 Å². The van der Waals surface area contributed by atoms with Crippen molar-refractivity contribution in [2.75, 3.05) is 6.61 Å². The van der Waals surface area contributed by atoms with Gasteiger partial charge in [0.2, 0.25) is 0 Å². The van der Waals surface area contributed by atoms with Gasteiger partial charge in [-0.1, -0.05) is 69.9 Å². The summed E-state index contributed by atoms with van der Waals surface area (Å²) in [5.41, 5.74) is 1.65. The second kappa shape index (κ2) is 6.03. The normalized spacial score (nSPS) is 12.8. The minimum Gasteiger partial charge on any atom is -0.377 e. The van der Waals surface area contributed by atoms with E-state index in [9.17, 15) is 0 Å². The first-order valence-corrected chi connectivity index (χ1v) is 10.4. The third-order valence-electron chi connectivity index (χ3n) is 3.09. The fourth-order valence-electron chi connectivity index (χ4n) is 1.67. The predicted molar refractivity (Wildman–Crippen MR) is 83.2 cm³/mol. The van der Waals surface area contributed by atoms with Crippen LogP contribution in [0.4, 0.5) is 0 Å². The summed E-state index contributed by atoms with van der Waals surface area (Å²) in [7, 11) is -1.16. The van der Waals surface area contributed by atoms with Crippen LogP contribution < -0.4 is 5.19 Å². The van der Waals surface area contributed by atoms with Crippen LogP contribution in [0.2, 0.25) is 19.6 Å². The Morgan fingerprint density at radius 3 is 2.00 bits per heavy atom. The van der Waals surface area contributed by atoms with E-state index in [1.165, 1.54) is 10.8 Å². The number of benzene rings is 1. The van der Waals surface area contributed by atoms with Gasteiger partial charge in [0.1, 0.15) is 0 Å². The first-order valence-electron chi connectivity index (χ1n) is 6.86. The number of rotatable bonds is 5. The van der Waals surface area contributed by atoms with Crippen LogP contribution >= 0.6 is 0 Å². The third kappa shape index (κ3) is 5.83. The fraction of sp³-hybridized carbons (Fsp3) is 0.625. The summed E-state index contributed by atoms with van der Waals surface area (Å²) in [5, 5.41) is 1.51.